The lowest BCUT2D eigenvalue weighted by atomic mass is 9.51. The highest BCUT2D eigenvalue weighted by Crippen LogP contribution is 2.74. The second-order valence-corrected chi connectivity index (χ2v) is 13.0. The number of benzene rings is 1. The molecule has 0 unspecified atom stereocenters. The summed E-state index contributed by atoms with van der Waals surface area (Å²) in [5.74, 6) is 0.713. The zero-order valence-corrected chi connectivity index (χ0v) is 21.6. The molecule has 3 aliphatic carbocycles. The standard InChI is InChI=1S/C30H36N2O5/c1-4-29-14-31(3)25-18-13-36-23(10-20(18)29)30(26(25)29)19-7-5-6-8-21(19)32(28(30)35)11-16-24-17(12-33)15(2)9-22(24)37-27(16)34/h4-8,15-18,20,22-26,33H,1,9-14H2,2-3H3/t15-,16-,17+,18+,20-,22-,23+,24+,25+,26+,29-,30-/m0/s1. The number of amides is 1. The number of aliphatic hydroxyl groups is 1. The van der Waals surface area contributed by atoms with E-state index in [1.807, 2.05) is 23.1 Å². The molecular weight excluding hydrogens is 468 g/mol. The molecule has 37 heavy (non-hydrogen) atoms. The highest BCUT2D eigenvalue weighted by atomic mass is 16.6. The summed E-state index contributed by atoms with van der Waals surface area (Å²) in [4.78, 5) is 32.5. The van der Waals surface area contributed by atoms with E-state index in [-0.39, 0.29) is 59.9 Å². The highest BCUT2D eigenvalue weighted by molar-refractivity contribution is 6.10. The molecule has 1 amide bonds. The van der Waals surface area contributed by atoms with E-state index in [2.05, 4.69) is 37.6 Å². The fourth-order valence-electron chi connectivity index (χ4n) is 10.9. The molecule has 4 aliphatic heterocycles. The Morgan fingerprint density at radius 2 is 2.05 bits per heavy atom. The first-order chi connectivity index (χ1) is 17.9. The van der Waals surface area contributed by atoms with Gasteiger partial charge in [-0.2, -0.15) is 0 Å². The molecule has 7 aliphatic rings. The van der Waals surface area contributed by atoms with Gasteiger partial charge < -0.3 is 24.4 Å². The van der Waals surface area contributed by atoms with E-state index in [1.54, 1.807) is 0 Å². The van der Waals surface area contributed by atoms with Crippen LogP contribution >= 0.6 is 0 Å². The molecule has 3 saturated carbocycles. The van der Waals surface area contributed by atoms with E-state index in [0.717, 1.165) is 30.6 Å². The molecule has 5 bridgehead atoms. The summed E-state index contributed by atoms with van der Waals surface area (Å²) >= 11 is 0. The number of ether oxygens (including phenoxy) is 2. The largest absolute Gasteiger partial charge is 0.462 e. The quantitative estimate of drug-likeness (QED) is 0.501. The number of para-hydroxylation sites is 1. The molecule has 8 rings (SSSR count). The van der Waals surface area contributed by atoms with Gasteiger partial charge in [0.05, 0.1) is 18.6 Å². The Morgan fingerprint density at radius 1 is 1.24 bits per heavy atom. The number of fused-ring (bicyclic) bond motifs is 6. The van der Waals surface area contributed by atoms with Crippen molar-refractivity contribution >= 4 is 17.6 Å². The summed E-state index contributed by atoms with van der Waals surface area (Å²) in [6.45, 7) is 8.45. The van der Waals surface area contributed by atoms with E-state index in [1.165, 1.54) is 0 Å². The van der Waals surface area contributed by atoms with Crippen LogP contribution < -0.4 is 4.90 Å². The summed E-state index contributed by atoms with van der Waals surface area (Å²) in [6, 6.07) is 8.48. The molecule has 3 saturated heterocycles. The predicted octanol–water partition coefficient (Wildman–Crippen LogP) is 2.23. The number of carbonyl (C=O) groups is 2. The lowest BCUT2D eigenvalue weighted by molar-refractivity contribution is -0.155. The topological polar surface area (TPSA) is 79.3 Å². The number of hydrogen-bond acceptors (Lipinski definition) is 6. The van der Waals surface area contributed by atoms with Crippen LogP contribution in [0.5, 0.6) is 0 Å². The molecule has 4 heterocycles. The van der Waals surface area contributed by atoms with E-state index < -0.39 is 11.3 Å². The number of nitrogens with zero attached hydrogens (tertiary/aromatic N) is 2. The molecule has 0 radical (unpaired) electrons. The van der Waals surface area contributed by atoms with Crippen molar-refractivity contribution in [2.75, 3.05) is 38.3 Å². The van der Waals surface area contributed by atoms with Crippen molar-refractivity contribution < 1.29 is 24.2 Å². The molecule has 7 heteroatoms. The Hall–Kier alpha value is -2.22. The smallest absolute Gasteiger partial charge is 0.311 e. The summed E-state index contributed by atoms with van der Waals surface area (Å²) in [5, 5.41) is 10.2. The Kier molecular flexibility index (Phi) is 4.45. The van der Waals surface area contributed by atoms with Crippen molar-refractivity contribution in [1.29, 1.82) is 0 Å². The molecule has 196 valence electrons. The third-order valence-electron chi connectivity index (χ3n) is 12.1. The number of piperidine rings is 1. The predicted molar refractivity (Wildman–Crippen MR) is 136 cm³/mol. The lowest BCUT2D eigenvalue weighted by Crippen LogP contribution is -2.63. The third kappa shape index (κ3) is 2.38. The molecule has 1 N–H and O–H groups in total. The average molecular weight is 505 g/mol. The summed E-state index contributed by atoms with van der Waals surface area (Å²) in [5.41, 5.74) is 1.09. The number of anilines is 1. The van der Waals surface area contributed by atoms with Gasteiger partial charge in [0.25, 0.3) is 0 Å². The minimum absolute atomic E-state index is 0.0149. The van der Waals surface area contributed by atoms with Crippen molar-refractivity contribution in [2.45, 2.75) is 43.4 Å². The van der Waals surface area contributed by atoms with Crippen molar-refractivity contribution in [3.05, 3.63) is 42.5 Å². The van der Waals surface area contributed by atoms with Gasteiger partial charge in [-0.15, -0.1) is 6.58 Å². The van der Waals surface area contributed by atoms with Crippen LogP contribution in [0.4, 0.5) is 5.69 Å². The van der Waals surface area contributed by atoms with Crippen LogP contribution in [-0.2, 0) is 24.5 Å². The van der Waals surface area contributed by atoms with Crippen LogP contribution in [0.2, 0.25) is 0 Å². The fourth-order valence-corrected chi connectivity index (χ4v) is 10.9. The van der Waals surface area contributed by atoms with Gasteiger partial charge in [0.15, 0.2) is 0 Å². The number of rotatable bonds is 4. The molecule has 7 nitrogen and oxygen atoms in total. The van der Waals surface area contributed by atoms with Gasteiger partial charge in [0, 0.05) is 54.6 Å². The first kappa shape index (κ1) is 22.7. The van der Waals surface area contributed by atoms with Crippen LogP contribution in [0.15, 0.2) is 36.9 Å². The number of carbonyl (C=O) groups excluding carboxylic acids is 2. The second-order valence-electron chi connectivity index (χ2n) is 13.0. The number of likely N-dealkylation sites (tertiary alicyclic amines) is 1. The zero-order valence-electron chi connectivity index (χ0n) is 21.6. The number of esters is 1. The first-order valence-corrected chi connectivity index (χ1v) is 14.1. The second kappa shape index (κ2) is 7.25. The van der Waals surface area contributed by atoms with Gasteiger partial charge in [-0.05, 0) is 49.3 Å². The van der Waals surface area contributed by atoms with Crippen molar-refractivity contribution in [1.82, 2.24) is 4.90 Å². The molecule has 0 aromatic heterocycles. The molecule has 6 fully saturated rings. The first-order valence-electron chi connectivity index (χ1n) is 14.1. The van der Waals surface area contributed by atoms with Crippen LogP contribution in [0.25, 0.3) is 0 Å². The van der Waals surface area contributed by atoms with Gasteiger partial charge in [-0.25, -0.2) is 0 Å². The van der Waals surface area contributed by atoms with Crippen molar-refractivity contribution in [3.63, 3.8) is 0 Å². The van der Waals surface area contributed by atoms with Crippen LogP contribution in [-0.4, -0.2) is 73.5 Å². The lowest BCUT2D eigenvalue weighted by Gasteiger charge is -2.54. The van der Waals surface area contributed by atoms with Gasteiger partial charge in [0.2, 0.25) is 5.91 Å². The normalized spacial score (nSPS) is 50.7. The summed E-state index contributed by atoms with van der Waals surface area (Å²) in [7, 11) is 2.19. The Balaban J connectivity index is 1.25. The monoisotopic (exact) mass is 504 g/mol. The van der Waals surface area contributed by atoms with Crippen LogP contribution in [0.3, 0.4) is 0 Å². The van der Waals surface area contributed by atoms with E-state index in [0.29, 0.717) is 30.9 Å². The van der Waals surface area contributed by atoms with E-state index in [4.69, 9.17) is 9.47 Å². The Bertz CT molecular complexity index is 1220. The Labute approximate surface area is 217 Å². The summed E-state index contributed by atoms with van der Waals surface area (Å²) in [6.07, 6.45) is 3.51. The molecule has 1 aromatic rings. The number of aliphatic hydroxyl groups excluding tert-OH is 1. The van der Waals surface area contributed by atoms with Crippen molar-refractivity contribution in [2.24, 2.45) is 46.8 Å². The molecule has 1 spiro atoms. The van der Waals surface area contributed by atoms with Crippen LogP contribution in [0.1, 0.15) is 25.3 Å². The van der Waals surface area contributed by atoms with E-state index in [9.17, 15) is 14.7 Å². The minimum Gasteiger partial charge on any atom is -0.462 e. The maximum Gasteiger partial charge on any atom is 0.311 e. The molecule has 12 atom stereocenters. The third-order valence-corrected chi connectivity index (χ3v) is 12.1. The van der Waals surface area contributed by atoms with Crippen LogP contribution in [0, 0.1) is 46.8 Å². The minimum atomic E-state index is -0.775. The molecular formula is C30H36N2O5. The SMILES string of the molecule is C=C[C@]12CN(C)[C@@H]3[C@@H]4CO[C@H](C[C@@H]41)[C@]1(C(=O)N(C[C@@H]4C(=O)O[C@H]5C[C@H](C)[C@@H](CO)[C@H]54)c4ccccc41)[C@H]32. The highest BCUT2D eigenvalue weighted by Gasteiger charge is 2.80. The van der Waals surface area contributed by atoms with E-state index >= 15 is 0 Å². The summed E-state index contributed by atoms with van der Waals surface area (Å²) < 4.78 is 12.4. The zero-order chi connectivity index (χ0) is 25.4. The van der Waals surface area contributed by atoms with Gasteiger partial charge in [-0.1, -0.05) is 31.2 Å². The maximum absolute atomic E-state index is 15.0. The van der Waals surface area contributed by atoms with Crippen molar-refractivity contribution in [3.8, 4) is 0 Å². The van der Waals surface area contributed by atoms with Gasteiger partial charge in [0.1, 0.15) is 11.5 Å². The fraction of sp³-hybridized carbons (Fsp3) is 0.667. The maximum atomic E-state index is 15.0. The average Bonchev–Trinajstić information content (AvgIpc) is 3.57. The van der Waals surface area contributed by atoms with Gasteiger partial charge >= 0.3 is 5.97 Å². The molecule has 1 aromatic carbocycles. The Morgan fingerprint density at radius 3 is 2.84 bits per heavy atom. The van der Waals surface area contributed by atoms with Gasteiger partial charge in [-0.3, -0.25) is 9.59 Å². The number of hydrogen-bond donors (Lipinski definition) is 1.